The lowest BCUT2D eigenvalue weighted by Crippen LogP contribution is -2.56. The van der Waals surface area contributed by atoms with Crippen LogP contribution in [0, 0.1) is 0 Å². The number of nitrogens with zero attached hydrogens (tertiary/aromatic N) is 2. The SMILES string of the molecule is CCNC(=O)C1COCCN1C(=O)c1cc(N)cn1C. The third-order valence-electron chi connectivity index (χ3n) is 3.29. The van der Waals surface area contributed by atoms with E-state index in [9.17, 15) is 9.59 Å². The Morgan fingerprint density at radius 2 is 2.30 bits per heavy atom. The summed E-state index contributed by atoms with van der Waals surface area (Å²) in [6, 6.07) is 1.03. The number of ether oxygens (including phenoxy) is 1. The summed E-state index contributed by atoms with van der Waals surface area (Å²) < 4.78 is 6.98. The van der Waals surface area contributed by atoms with Gasteiger partial charge in [-0.3, -0.25) is 9.59 Å². The number of aryl methyl sites for hydroxylation is 1. The highest BCUT2D eigenvalue weighted by atomic mass is 16.5. The highest BCUT2D eigenvalue weighted by Gasteiger charge is 2.34. The molecular formula is C13H20N4O3. The third kappa shape index (κ3) is 2.77. The molecule has 110 valence electrons. The average molecular weight is 280 g/mol. The quantitative estimate of drug-likeness (QED) is 0.787. The molecule has 20 heavy (non-hydrogen) atoms. The van der Waals surface area contributed by atoms with Crippen molar-refractivity contribution in [3.05, 3.63) is 18.0 Å². The fraction of sp³-hybridized carbons (Fsp3) is 0.538. The van der Waals surface area contributed by atoms with Crippen LogP contribution in [0.5, 0.6) is 0 Å². The number of anilines is 1. The predicted molar refractivity (Wildman–Crippen MR) is 74.2 cm³/mol. The number of likely N-dealkylation sites (N-methyl/N-ethyl adjacent to an activating group) is 1. The van der Waals surface area contributed by atoms with E-state index >= 15 is 0 Å². The standard InChI is InChI=1S/C13H20N4O3/c1-3-15-12(18)11-8-20-5-4-17(11)13(19)10-6-9(14)7-16(10)2/h6-7,11H,3-5,8,14H2,1-2H3,(H,15,18). The Hall–Kier alpha value is -2.02. The van der Waals surface area contributed by atoms with Gasteiger partial charge in [-0.2, -0.15) is 0 Å². The summed E-state index contributed by atoms with van der Waals surface area (Å²) >= 11 is 0. The Balaban J connectivity index is 2.21. The zero-order valence-corrected chi connectivity index (χ0v) is 11.8. The molecule has 7 nitrogen and oxygen atoms in total. The van der Waals surface area contributed by atoms with Crippen LogP contribution in [-0.4, -0.2) is 53.6 Å². The van der Waals surface area contributed by atoms with Crippen molar-refractivity contribution >= 4 is 17.5 Å². The van der Waals surface area contributed by atoms with Gasteiger partial charge < -0.3 is 25.3 Å². The molecule has 1 aliphatic rings. The number of amides is 2. The summed E-state index contributed by atoms with van der Waals surface area (Å²) in [5.74, 6) is -0.397. The molecule has 0 radical (unpaired) electrons. The summed E-state index contributed by atoms with van der Waals surface area (Å²) in [6.07, 6.45) is 1.68. The molecule has 3 N–H and O–H groups in total. The van der Waals surface area contributed by atoms with Gasteiger partial charge in [-0.05, 0) is 13.0 Å². The van der Waals surface area contributed by atoms with Crippen molar-refractivity contribution in [1.82, 2.24) is 14.8 Å². The van der Waals surface area contributed by atoms with E-state index in [0.29, 0.717) is 31.1 Å². The monoisotopic (exact) mass is 280 g/mol. The molecule has 0 aromatic carbocycles. The van der Waals surface area contributed by atoms with Gasteiger partial charge in [0.15, 0.2) is 0 Å². The smallest absolute Gasteiger partial charge is 0.271 e. The van der Waals surface area contributed by atoms with Crippen molar-refractivity contribution < 1.29 is 14.3 Å². The van der Waals surface area contributed by atoms with Crippen LogP contribution >= 0.6 is 0 Å². The van der Waals surface area contributed by atoms with Crippen LogP contribution in [0.1, 0.15) is 17.4 Å². The third-order valence-corrected chi connectivity index (χ3v) is 3.29. The largest absolute Gasteiger partial charge is 0.397 e. The fourth-order valence-corrected chi connectivity index (χ4v) is 2.31. The first-order chi connectivity index (χ1) is 9.54. The van der Waals surface area contributed by atoms with Crippen molar-refractivity contribution in [3.63, 3.8) is 0 Å². The number of carbonyl (C=O) groups excluding carboxylic acids is 2. The van der Waals surface area contributed by atoms with Gasteiger partial charge in [-0.1, -0.05) is 0 Å². The Morgan fingerprint density at radius 1 is 1.55 bits per heavy atom. The van der Waals surface area contributed by atoms with Crippen LogP contribution in [0.3, 0.4) is 0 Å². The van der Waals surface area contributed by atoms with Gasteiger partial charge in [0.2, 0.25) is 5.91 Å². The second-order valence-electron chi connectivity index (χ2n) is 4.75. The number of aromatic nitrogens is 1. The molecule has 0 aliphatic carbocycles. The number of carbonyl (C=O) groups is 2. The van der Waals surface area contributed by atoms with Crippen molar-refractivity contribution in [2.75, 3.05) is 32.0 Å². The Labute approximate surface area is 117 Å². The summed E-state index contributed by atoms with van der Waals surface area (Å²) in [6.45, 7) is 3.41. The first-order valence-electron chi connectivity index (χ1n) is 6.62. The van der Waals surface area contributed by atoms with E-state index in [0.717, 1.165) is 0 Å². The molecule has 1 aromatic heterocycles. The molecule has 7 heteroatoms. The zero-order valence-electron chi connectivity index (χ0n) is 11.8. The van der Waals surface area contributed by atoms with E-state index < -0.39 is 6.04 Å². The fourth-order valence-electron chi connectivity index (χ4n) is 2.31. The van der Waals surface area contributed by atoms with Gasteiger partial charge in [0, 0.05) is 26.3 Å². The molecule has 2 rings (SSSR count). The number of nitrogens with two attached hydrogens (primary N) is 1. The van der Waals surface area contributed by atoms with E-state index in [1.54, 1.807) is 28.8 Å². The average Bonchev–Trinajstić information content (AvgIpc) is 2.77. The minimum Gasteiger partial charge on any atom is -0.397 e. The predicted octanol–water partition coefficient (Wildman–Crippen LogP) is -0.416. The van der Waals surface area contributed by atoms with Crippen LogP contribution < -0.4 is 11.1 Å². The van der Waals surface area contributed by atoms with Gasteiger partial charge in [0.1, 0.15) is 11.7 Å². The number of morpholine rings is 1. The number of rotatable bonds is 3. The Kier molecular flexibility index (Phi) is 4.29. The number of hydrogen-bond acceptors (Lipinski definition) is 4. The van der Waals surface area contributed by atoms with Gasteiger partial charge in [0.05, 0.1) is 18.9 Å². The zero-order chi connectivity index (χ0) is 14.7. The maximum absolute atomic E-state index is 12.6. The molecule has 1 atom stereocenters. The normalized spacial score (nSPS) is 18.9. The highest BCUT2D eigenvalue weighted by Crippen LogP contribution is 2.16. The molecule has 2 heterocycles. The maximum atomic E-state index is 12.6. The van der Waals surface area contributed by atoms with E-state index in [2.05, 4.69) is 5.32 Å². The Morgan fingerprint density at radius 3 is 2.90 bits per heavy atom. The van der Waals surface area contributed by atoms with Crippen molar-refractivity contribution in [1.29, 1.82) is 0 Å². The minimum atomic E-state index is -0.590. The molecule has 0 saturated carbocycles. The van der Waals surface area contributed by atoms with E-state index in [-0.39, 0.29) is 18.4 Å². The van der Waals surface area contributed by atoms with Crippen LogP contribution in [0.4, 0.5) is 5.69 Å². The lowest BCUT2D eigenvalue weighted by atomic mass is 10.2. The number of hydrogen-bond donors (Lipinski definition) is 2. The van der Waals surface area contributed by atoms with E-state index in [1.807, 2.05) is 6.92 Å². The molecule has 1 fully saturated rings. The molecule has 1 aromatic rings. The minimum absolute atomic E-state index is 0.192. The molecule has 0 bridgehead atoms. The second-order valence-corrected chi connectivity index (χ2v) is 4.75. The van der Waals surface area contributed by atoms with Gasteiger partial charge in [-0.15, -0.1) is 0 Å². The van der Waals surface area contributed by atoms with Crippen LogP contribution in [0.15, 0.2) is 12.3 Å². The van der Waals surface area contributed by atoms with Gasteiger partial charge in [0.25, 0.3) is 5.91 Å². The summed E-state index contributed by atoms with van der Waals surface area (Å²) in [7, 11) is 1.76. The van der Waals surface area contributed by atoms with E-state index in [4.69, 9.17) is 10.5 Å². The molecular weight excluding hydrogens is 260 g/mol. The second kappa shape index (κ2) is 5.96. The topological polar surface area (TPSA) is 89.6 Å². The highest BCUT2D eigenvalue weighted by molar-refractivity contribution is 5.97. The molecule has 2 amide bonds. The van der Waals surface area contributed by atoms with Gasteiger partial charge >= 0.3 is 0 Å². The van der Waals surface area contributed by atoms with Crippen molar-refractivity contribution in [2.45, 2.75) is 13.0 Å². The molecule has 0 spiro atoms. The summed E-state index contributed by atoms with van der Waals surface area (Å²) in [5, 5.41) is 2.73. The lowest BCUT2D eigenvalue weighted by Gasteiger charge is -2.34. The Bertz CT molecular complexity index is 512. The molecule has 1 unspecified atom stereocenters. The summed E-state index contributed by atoms with van der Waals surface area (Å²) in [5.41, 5.74) is 6.69. The first-order valence-corrected chi connectivity index (χ1v) is 6.62. The van der Waals surface area contributed by atoms with Gasteiger partial charge in [-0.25, -0.2) is 0 Å². The lowest BCUT2D eigenvalue weighted by molar-refractivity contribution is -0.130. The number of nitrogen functional groups attached to an aromatic ring is 1. The van der Waals surface area contributed by atoms with Crippen molar-refractivity contribution in [2.24, 2.45) is 7.05 Å². The summed E-state index contributed by atoms with van der Waals surface area (Å²) in [4.78, 5) is 26.1. The maximum Gasteiger partial charge on any atom is 0.271 e. The van der Waals surface area contributed by atoms with Crippen molar-refractivity contribution in [3.8, 4) is 0 Å². The molecule has 1 aliphatic heterocycles. The molecule has 1 saturated heterocycles. The van der Waals surface area contributed by atoms with Crippen LogP contribution in [0.2, 0.25) is 0 Å². The number of nitrogens with one attached hydrogen (secondary N) is 1. The van der Waals surface area contributed by atoms with E-state index in [1.165, 1.54) is 0 Å². The van der Waals surface area contributed by atoms with Crippen LogP contribution in [-0.2, 0) is 16.6 Å². The van der Waals surface area contributed by atoms with Crippen LogP contribution in [0.25, 0.3) is 0 Å². The first kappa shape index (κ1) is 14.4.